The van der Waals surface area contributed by atoms with Crippen molar-refractivity contribution in [1.29, 1.82) is 0 Å². The van der Waals surface area contributed by atoms with E-state index < -0.39 is 17.7 Å². The molecule has 4 aromatic rings. The van der Waals surface area contributed by atoms with E-state index in [9.17, 15) is 14.7 Å². The molecule has 8 nitrogen and oxygen atoms in total. The van der Waals surface area contributed by atoms with Crippen molar-refractivity contribution in [3.05, 3.63) is 93.6 Å². The minimum absolute atomic E-state index is 0.0233. The van der Waals surface area contributed by atoms with Gasteiger partial charge in [-0.25, -0.2) is 0 Å². The molecule has 0 spiro atoms. The first-order chi connectivity index (χ1) is 18.9. The molecule has 1 aliphatic rings. The lowest BCUT2D eigenvalue weighted by molar-refractivity contribution is -0.139. The van der Waals surface area contributed by atoms with E-state index in [4.69, 9.17) is 14.2 Å². The first-order valence-corrected chi connectivity index (χ1v) is 13.1. The third-order valence-electron chi connectivity index (χ3n) is 6.98. The summed E-state index contributed by atoms with van der Waals surface area (Å²) in [6.45, 7) is 0.241. The van der Waals surface area contributed by atoms with Crippen LogP contribution in [-0.2, 0) is 16.0 Å². The van der Waals surface area contributed by atoms with Crippen molar-refractivity contribution < 1.29 is 28.9 Å². The van der Waals surface area contributed by atoms with Gasteiger partial charge in [0, 0.05) is 33.7 Å². The number of hydrogen-bond donors (Lipinski definition) is 2. The summed E-state index contributed by atoms with van der Waals surface area (Å²) in [6, 6.07) is 17.1. The number of aliphatic hydroxyl groups is 1. The highest BCUT2D eigenvalue weighted by Crippen LogP contribution is 2.42. The fourth-order valence-electron chi connectivity index (χ4n) is 4.98. The van der Waals surface area contributed by atoms with Crippen LogP contribution in [0.3, 0.4) is 0 Å². The van der Waals surface area contributed by atoms with Crippen LogP contribution in [0.5, 0.6) is 17.2 Å². The predicted molar refractivity (Wildman–Crippen MR) is 151 cm³/mol. The molecule has 0 bridgehead atoms. The summed E-state index contributed by atoms with van der Waals surface area (Å²) in [5.41, 5.74) is 3.00. The SMILES string of the molecule is COc1ccc2[nH]cc(CCN3C(=O)C(=O)C(=C(O)c4ccc(Br)cc4)[C@@H]3c3ccc(OC)c(OC)c3)c2c1. The Hall–Kier alpha value is -4.24. The molecule has 5 rings (SSSR count). The molecule has 1 saturated heterocycles. The van der Waals surface area contributed by atoms with Gasteiger partial charge in [0.05, 0.1) is 32.9 Å². The van der Waals surface area contributed by atoms with Crippen molar-refractivity contribution >= 4 is 44.3 Å². The number of H-pyrrole nitrogens is 1. The third kappa shape index (κ3) is 4.85. The van der Waals surface area contributed by atoms with Crippen LogP contribution in [0.25, 0.3) is 16.7 Å². The van der Waals surface area contributed by atoms with Crippen molar-refractivity contribution in [2.24, 2.45) is 0 Å². The monoisotopic (exact) mass is 590 g/mol. The van der Waals surface area contributed by atoms with E-state index in [1.54, 1.807) is 49.6 Å². The maximum atomic E-state index is 13.4. The second-order valence-electron chi connectivity index (χ2n) is 9.09. The van der Waals surface area contributed by atoms with Gasteiger partial charge in [0.1, 0.15) is 11.5 Å². The maximum absolute atomic E-state index is 13.4. The van der Waals surface area contributed by atoms with E-state index in [-0.39, 0.29) is 17.9 Å². The van der Waals surface area contributed by atoms with Crippen LogP contribution in [-0.4, -0.2) is 54.6 Å². The number of amides is 1. The number of ketones is 1. The summed E-state index contributed by atoms with van der Waals surface area (Å²) in [5.74, 6) is 0.0389. The van der Waals surface area contributed by atoms with E-state index in [1.807, 2.05) is 24.4 Å². The molecule has 200 valence electrons. The van der Waals surface area contributed by atoms with Gasteiger partial charge in [-0.05, 0) is 60.0 Å². The summed E-state index contributed by atoms with van der Waals surface area (Å²) < 4.78 is 17.1. The average molecular weight is 591 g/mol. The van der Waals surface area contributed by atoms with Gasteiger partial charge in [0.25, 0.3) is 11.7 Å². The van der Waals surface area contributed by atoms with Crippen LogP contribution in [0, 0.1) is 0 Å². The number of carbonyl (C=O) groups excluding carboxylic acids is 2. The Balaban J connectivity index is 1.59. The average Bonchev–Trinajstić information content (AvgIpc) is 3.48. The number of fused-ring (bicyclic) bond motifs is 1. The lowest BCUT2D eigenvalue weighted by Gasteiger charge is -2.26. The number of aromatic amines is 1. The van der Waals surface area contributed by atoms with Crippen molar-refractivity contribution in [3.63, 3.8) is 0 Å². The fourth-order valence-corrected chi connectivity index (χ4v) is 5.24. The van der Waals surface area contributed by atoms with Gasteiger partial charge in [-0.1, -0.05) is 34.1 Å². The van der Waals surface area contributed by atoms with Gasteiger partial charge in [0.15, 0.2) is 11.5 Å². The van der Waals surface area contributed by atoms with Crippen LogP contribution in [0.4, 0.5) is 0 Å². The molecular weight excluding hydrogens is 564 g/mol. The van der Waals surface area contributed by atoms with Crippen LogP contribution < -0.4 is 14.2 Å². The summed E-state index contributed by atoms with van der Waals surface area (Å²) in [6.07, 6.45) is 2.37. The van der Waals surface area contributed by atoms with E-state index >= 15 is 0 Å². The lowest BCUT2D eigenvalue weighted by atomic mass is 9.95. The first-order valence-electron chi connectivity index (χ1n) is 12.3. The number of benzene rings is 3. The van der Waals surface area contributed by atoms with Crippen molar-refractivity contribution in [1.82, 2.24) is 9.88 Å². The number of halogens is 1. The number of nitrogens with one attached hydrogen (secondary N) is 1. The number of nitrogens with zero attached hydrogens (tertiary/aromatic N) is 1. The van der Waals surface area contributed by atoms with E-state index in [2.05, 4.69) is 20.9 Å². The largest absolute Gasteiger partial charge is 0.507 e. The number of rotatable bonds is 8. The number of aromatic nitrogens is 1. The van der Waals surface area contributed by atoms with Gasteiger partial charge < -0.3 is 29.2 Å². The molecule has 1 atom stereocenters. The van der Waals surface area contributed by atoms with Crippen LogP contribution in [0.15, 0.2) is 76.9 Å². The topological polar surface area (TPSA) is 101 Å². The smallest absolute Gasteiger partial charge is 0.295 e. The first kappa shape index (κ1) is 26.4. The Morgan fingerprint density at radius 3 is 2.38 bits per heavy atom. The number of Topliss-reactive ketones (excluding diaryl/α,β-unsaturated/α-hetero) is 1. The molecule has 2 heterocycles. The standard InChI is InChI=1S/C30H27BrN2O6/c1-37-21-9-10-23-22(15-21)19(16-32-23)12-13-33-27(18-6-11-24(38-2)25(14-18)39-3)26(29(35)30(33)36)28(34)17-4-7-20(31)8-5-17/h4-11,14-16,27,32,34H,12-13H2,1-3H3/t27-/m0/s1. The van der Waals surface area contributed by atoms with Gasteiger partial charge in [-0.2, -0.15) is 0 Å². The molecule has 1 aliphatic heterocycles. The summed E-state index contributed by atoms with van der Waals surface area (Å²) in [7, 11) is 4.67. The van der Waals surface area contributed by atoms with Crippen molar-refractivity contribution in [2.75, 3.05) is 27.9 Å². The summed E-state index contributed by atoms with van der Waals surface area (Å²) >= 11 is 3.39. The molecule has 0 radical (unpaired) electrons. The van der Waals surface area contributed by atoms with E-state index in [0.717, 1.165) is 26.7 Å². The summed E-state index contributed by atoms with van der Waals surface area (Å²) in [4.78, 5) is 31.6. The highest BCUT2D eigenvalue weighted by atomic mass is 79.9. The molecular formula is C30H27BrN2O6. The number of likely N-dealkylation sites (tertiary alicyclic amines) is 1. The maximum Gasteiger partial charge on any atom is 0.295 e. The van der Waals surface area contributed by atoms with Gasteiger partial charge in [0.2, 0.25) is 0 Å². The molecule has 0 saturated carbocycles. The Morgan fingerprint density at radius 2 is 1.69 bits per heavy atom. The Kier molecular flexibility index (Phi) is 7.34. The van der Waals surface area contributed by atoms with Gasteiger partial charge in [-0.3, -0.25) is 9.59 Å². The molecule has 3 aromatic carbocycles. The molecule has 1 aromatic heterocycles. The fraction of sp³-hybridized carbons (Fsp3) is 0.200. The zero-order valence-electron chi connectivity index (χ0n) is 21.7. The quantitative estimate of drug-likeness (QED) is 0.157. The minimum atomic E-state index is -0.826. The molecule has 0 unspecified atom stereocenters. The Bertz CT molecular complexity index is 1590. The lowest BCUT2D eigenvalue weighted by Crippen LogP contribution is -2.31. The van der Waals surface area contributed by atoms with Gasteiger partial charge in [-0.15, -0.1) is 0 Å². The predicted octanol–water partition coefficient (Wildman–Crippen LogP) is 5.62. The summed E-state index contributed by atoms with van der Waals surface area (Å²) in [5, 5.41) is 12.3. The molecule has 9 heteroatoms. The second kappa shape index (κ2) is 10.9. The number of methoxy groups -OCH3 is 3. The third-order valence-corrected chi connectivity index (χ3v) is 7.51. The Morgan fingerprint density at radius 1 is 0.949 bits per heavy atom. The molecule has 0 aliphatic carbocycles. The number of carbonyl (C=O) groups is 2. The zero-order valence-corrected chi connectivity index (χ0v) is 23.2. The number of ether oxygens (including phenoxy) is 3. The minimum Gasteiger partial charge on any atom is -0.507 e. The molecule has 1 fully saturated rings. The molecule has 39 heavy (non-hydrogen) atoms. The van der Waals surface area contributed by atoms with E-state index in [0.29, 0.717) is 29.0 Å². The highest BCUT2D eigenvalue weighted by molar-refractivity contribution is 9.10. The van der Waals surface area contributed by atoms with Gasteiger partial charge >= 0.3 is 0 Å². The second-order valence-corrected chi connectivity index (χ2v) is 10.0. The number of aliphatic hydroxyl groups excluding tert-OH is 1. The normalized spacial score (nSPS) is 16.6. The molecule has 2 N–H and O–H groups in total. The molecule has 1 amide bonds. The van der Waals surface area contributed by atoms with Crippen molar-refractivity contribution in [2.45, 2.75) is 12.5 Å². The van der Waals surface area contributed by atoms with Crippen LogP contribution >= 0.6 is 15.9 Å². The van der Waals surface area contributed by atoms with E-state index in [1.165, 1.54) is 19.1 Å². The Labute approximate surface area is 233 Å². The van der Waals surface area contributed by atoms with Crippen LogP contribution in [0.2, 0.25) is 0 Å². The van der Waals surface area contributed by atoms with Crippen molar-refractivity contribution in [3.8, 4) is 17.2 Å². The van der Waals surface area contributed by atoms with Crippen LogP contribution in [0.1, 0.15) is 22.7 Å². The number of hydrogen-bond acceptors (Lipinski definition) is 6. The highest BCUT2D eigenvalue weighted by Gasteiger charge is 2.46. The zero-order chi connectivity index (χ0) is 27.7.